The van der Waals surface area contributed by atoms with Crippen molar-refractivity contribution in [2.45, 2.75) is 39.0 Å². The molecule has 0 atom stereocenters. The van der Waals surface area contributed by atoms with Gasteiger partial charge < -0.3 is 25.8 Å². The Morgan fingerprint density at radius 1 is 0.857 bits per heavy atom. The zero-order valence-electron chi connectivity index (χ0n) is 17.0. The molecule has 0 aromatic heterocycles. The maximum absolute atomic E-state index is 11.8. The van der Waals surface area contributed by atoms with Crippen molar-refractivity contribution in [3.63, 3.8) is 0 Å². The topological polar surface area (TPSA) is 103 Å². The molecule has 4 N–H and O–H groups in total. The Hall–Kier alpha value is -1.96. The lowest BCUT2D eigenvalue weighted by Crippen LogP contribution is -2.28. The Kier molecular flexibility index (Phi) is 13.8. The highest BCUT2D eigenvalue weighted by Gasteiger charge is 2.02. The number of hydrogen-bond acceptors (Lipinski definition) is 5. The highest BCUT2D eigenvalue weighted by molar-refractivity contribution is 5.76. The van der Waals surface area contributed by atoms with E-state index in [-0.39, 0.29) is 11.8 Å². The fraction of sp³-hybridized carbons (Fsp3) is 0.619. The summed E-state index contributed by atoms with van der Waals surface area (Å²) in [6.07, 6.45) is 3.43. The molecule has 7 nitrogen and oxygen atoms in total. The molecule has 1 rings (SSSR count). The van der Waals surface area contributed by atoms with Crippen molar-refractivity contribution in [2.75, 3.05) is 46.1 Å². The maximum Gasteiger partial charge on any atom is 0.220 e. The molecule has 0 saturated carbocycles. The number of nitrogens with two attached hydrogens (primary N) is 1. The molecular formula is C21H35N3O4. The quantitative estimate of drug-likeness (QED) is 0.368. The van der Waals surface area contributed by atoms with Crippen LogP contribution in [0.5, 0.6) is 0 Å². The van der Waals surface area contributed by atoms with Crippen molar-refractivity contribution in [2.24, 2.45) is 5.73 Å². The molecule has 0 saturated heterocycles. The van der Waals surface area contributed by atoms with E-state index in [4.69, 9.17) is 15.2 Å². The summed E-state index contributed by atoms with van der Waals surface area (Å²) in [5.41, 5.74) is 7.85. The third kappa shape index (κ3) is 13.2. The molecule has 0 spiro atoms. The van der Waals surface area contributed by atoms with Crippen LogP contribution in [0.15, 0.2) is 24.3 Å². The van der Waals surface area contributed by atoms with Crippen LogP contribution in [0, 0.1) is 6.92 Å². The lowest BCUT2D eigenvalue weighted by atomic mass is 10.1. The standard InChI is InChI=1S/C21H35N3O4/c1-18-7-9-19(10-8-18)4-2-5-20(25)23-12-14-27-16-17-28-15-13-24-21(26)6-3-11-22/h7-10H,2-6,11-17,22H2,1H3,(H,23,25)(H,24,26). The first-order chi connectivity index (χ1) is 13.6. The molecule has 7 heteroatoms. The summed E-state index contributed by atoms with van der Waals surface area (Å²) in [5.74, 6) is 0.0530. The number of amides is 2. The van der Waals surface area contributed by atoms with Crippen molar-refractivity contribution in [1.29, 1.82) is 0 Å². The zero-order chi connectivity index (χ0) is 20.5. The second-order valence-corrected chi connectivity index (χ2v) is 6.66. The molecular weight excluding hydrogens is 358 g/mol. The summed E-state index contributed by atoms with van der Waals surface area (Å²) in [6, 6.07) is 8.41. The van der Waals surface area contributed by atoms with Gasteiger partial charge in [0.25, 0.3) is 0 Å². The molecule has 0 bridgehead atoms. The molecule has 1 aromatic carbocycles. The highest BCUT2D eigenvalue weighted by Crippen LogP contribution is 2.07. The van der Waals surface area contributed by atoms with E-state index in [1.165, 1.54) is 11.1 Å². The summed E-state index contributed by atoms with van der Waals surface area (Å²) in [6.45, 7) is 5.42. The molecule has 0 aliphatic rings. The third-order valence-corrected chi connectivity index (χ3v) is 4.11. The van der Waals surface area contributed by atoms with Crippen LogP contribution in [-0.2, 0) is 25.5 Å². The van der Waals surface area contributed by atoms with Gasteiger partial charge in [0, 0.05) is 25.9 Å². The van der Waals surface area contributed by atoms with Crippen molar-refractivity contribution in [3.8, 4) is 0 Å². The summed E-state index contributed by atoms with van der Waals surface area (Å²) in [5, 5.41) is 5.62. The molecule has 28 heavy (non-hydrogen) atoms. The maximum atomic E-state index is 11.8. The molecule has 158 valence electrons. The van der Waals surface area contributed by atoms with Crippen LogP contribution in [0.3, 0.4) is 0 Å². The van der Waals surface area contributed by atoms with Crippen LogP contribution in [0.25, 0.3) is 0 Å². The van der Waals surface area contributed by atoms with Gasteiger partial charge in [-0.1, -0.05) is 29.8 Å². The second-order valence-electron chi connectivity index (χ2n) is 6.66. The lowest BCUT2D eigenvalue weighted by Gasteiger charge is -2.08. The number of nitrogens with one attached hydrogen (secondary N) is 2. The number of carbonyl (C=O) groups is 2. The van der Waals surface area contributed by atoms with Gasteiger partial charge in [0.05, 0.1) is 26.4 Å². The molecule has 2 amide bonds. The minimum atomic E-state index is -0.0000859. The second kappa shape index (κ2) is 16.0. The van der Waals surface area contributed by atoms with E-state index >= 15 is 0 Å². The first-order valence-corrected chi connectivity index (χ1v) is 10.1. The Labute approximate surface area is 168 Å². The van der Waals surface area contributed by atoms with Gasteiger partial charge in [0.2, 0.25) is 11.8 Å². The highest BCUT2D eigenvalue weighted by atomic mass is 16.5. The van der Waals surface area contributed by atoms with E-state index in [1.54, 1.807) is 0 Å². The molecule has 0 radical (unpaired) electrons. The number of carbonyl (C=O) groups excluding carboxylic acids is 2. The van der Waals surface area contributed by atoms with Crippen LogP contribution in [0.2, 0.25) is 0 Å². The monoisotopic (exact) mass is 393 g/mol. The molecule has 0 heterocycles. The molecule has 0 aliphatic heterocycles. The van der Waals surface area contributed by atoms with E-state index < -0.39 is 0 Å². The van der Waals surface area contributed by atoms with Crippen molar-refractivity contribution >= 4 is 11.8 Å². The van der Waals surface area contributed by atoms with E-state index in [9.17, 15) is 9.59 Å². The predicted molar refractivity (Wildman–Crippen MR) is 110 cm³/mol. The number of benzene rings is 1. The average Bonchev–Trinajstić information content (AvgIpc) is 2.69. The van der Waals surface area contributed by atoms with Crippen LogP contribution < -0.4 is 16.4 Å². The molecule has 0 unspecified atom stereocenters. The summed E-state index contributed by atoms with van der Waals surface area (Å²) < 4.78 is 10.8. The summed E-state index contributed by atoms with van der Waals surface area (Å²) in [4.78, 5) is 23.1. The smallest absolute Gasteiger partial charge is 0.220 e. The zero-order valence-corrected chi connectivity index (χ0v) is 17.0. The third-order valence-electron chi connectivity index (χ3n) is 4.11. The first kappa shape index (κ1) is 24.1. The van der Waals surface area contributed by atoms with Crippen LogP contribution in [0.4, 0.5) is 0 Å². The normalized spacial score (nSPS) is 10.6. The van der Waals surface area contributed by atoms with Crippen molar-refractivity contribution < 1.29 is 19.1 Å². The largest absolute Gasteiger partial charge is 0.377 e. The van der Waals surface area contributed by atoms with E-state index in [0.29, 0.717) is 65.3 Å². The average molecular weight is 394 g/mol. The molecule has 0 aliphatic carbocycles. The molecule has 1 aromatic rings. The van der Waals surface area contributed by atoms with E-state index in [1.807, 2.05) is 0 Å². The van der Waals surface area contributed by atoms with Crippen LogP contribution in [0.1, 0.15) is 36.8 Å². The van der Waals surface area contributed by atoms with Crippen molar-refractivity contribution in [3.05, 3.63) is 35.4 Å². The van der Waals surface area contributed by atoms with Gasteiger partial charge >= 0.3 is 0 Å². The number of rotatable bonds is 16. The predicted octanol–water partition coefficient (Wildman–Crippen LogP) is 1.32. The minimum absolute atomic E-state index is 0.0000859. The number of aryl methyl sites for hydroxylation is 2. The van der Waals surface area contributed by atoms with Gasteiger partial charge in [-0.05, 0) is 38.3 Å². The SMILES string of the molecule is Cc1ccc(CCCC(=O)NCCOCCOCCNC(=O)CCCN)cc1. The lowest BCUT2D eigenvalue weighted by molar-refractivity contribution is -0.122. The van der Waals surface area contributed by atoms with Gasteiger partial charge in [0.1, 0.15) is 0 Å². The summed E-state index contributed by atoms with van der Waals surface area (Å²) >= 11 is 0. The van der Waals surface area contributed by atoms with Crippen LogP contribution >= 0.6 is 0 Å². The van der Waals surface area contributed by atoms with Gasteiger partial charge in [0.15, 0.2) is 0 Å². The Balaban J connectivity index is 1.85. The van der Waals surface area contributed by atoms with Crippen molar-refractivity contribution in [1.82, 2.24) is 10.6 Å². The number of ether oxygens (including phenoxy) is 2. The fourth-order valence-electron chi connectivity index (χ4n) is 2.49. The van der Waals surface area contributed by atoms with E-state index in [2.05, 4.69) is 41.8 Å². The van der Waals surface area contributed by atoms with E-state index in [0.717, 1.165) is 12.8 Å². The first-order valence-electron chi connectivity index (χ1n) is 10.1. The molecule has 0 fully saturated rings. The van der Waals surface area contributed by atoms with Gasteiger partial charge in [-0.15, -0.1) is 0 Å². The number of hydrogen-bond donors (Lipinski definition) is 3. The van der Waals surface area contributed by atoms with Crippen LogP contribution in [-0.4, -0.2) is 57.9 Å². The van der Waals surface area contributed by atoms with Gasteiger partial charge in [-0.25, -0.2) is 0 Å². The van der Waals surface area contributed by atoms with Gasteiger partial charge in [-0.2, -0.15) is 0 Å². The fourth-order valence-corrected chi connectivity index (χ4v) is 2.49. The Morgan fingerprint density at radius 2 is 1.39 bits per heavy atom. The van der Waals surface area contributed by atoms with Gasteiger partial charge in [-0.3, -0.25) is 9.59 Å². The Morgan fingerprint density at radius 3 is 1.93 bits per heavy atom. The Bertz CT molecular complexity index is 549. The minimum Gasteiger partial charge on any atom is -0.377 e. The summed E-state index contributed by atoms with van der Waals surface area (Å²) in [7, 11) is 0.